The van der Waals surface area contributed by atoms with Crippen LogP contribution in [0.15, 0.2) is 81.1 Å². The molecular weight excluding hydrogens is 402 g/mol. The van der Waals surface area contributed by atoms with E-state index < -0.39 is 16.1 Å². The van der Waals surface area contributed by atoms with Crippen LogP contribution >= 0.6 is 0 Å². The van der Waals surface area contributed by atoms with Crippen LogP contribution in [0.5, 0.6) is 0 Å². The fourth-order valence-corrected chi connectivity index (χ4v) is 4.57. The molecule has 0 unspecified atom stereocenters. The Morgan fingerprint density at radius 3 is 2.43 bits per heavy atom. The van der Waals surface area contributed by atoms with Gasteiger partial charge >= 0.3 is 0 Å². The summed E-state index contributed by atoms with van der Waals surface area (Å²) in [4.78, 5) is 12.4. The quantitative estimate of drug-likeness (QED) is 0.669. The predicted octanol–water partition coefficient (Wildman–Crippen LogP) is 4.09. The van der Waals surface area contributed by atoms with Crippen molar-refractivity contribution >= 4 is 27.3 Å². The topological polar surface area (TPSA) is 92.0 Å². The number of sulfonamides is 1. The molecule has 0 spiro atoms. The number of benzene rings is 2. The summed E-state index contributed by atoms with van der Waals surface area (Å²) in [5.41, 5.74) is 1.71. The second-order valence-corrected chi connectivity index (χ2v) is 8.73. The lowest BCUT2D eigenvalue weighted by atomic mass is 9.99. The molecule has 0 saturated heterocycles. The normalized spacial score (nSPS) is 16.4. The van der Waals surface area contributed by atoms with Crippen LogP contribution in [0.3, 0.4) is 0 Å². The van der Waals surface area contributed by atoms with Crippen LogP contribution in [-0.4, -0.2) is 25.0 Å². The number of para-hydroxylation sites is 1. The van der Waals surface area contributed by atoms with E-state index in [0.29, 0.717) is 29.1 Å². The molecule has 0 saturated carbocycles. The lowest BCUT2D eigenvalue weighted by Crippen LogP contribution is -2.25. The summed E-state index contributed by atoms with van der Waals surface area (Å²) in [6.07, 6.45) is 0.413. The number of anilines is 1. The molecule has 0 radical (unpaired) electrons. The molecule has 1 aromatic heterocycles. The number of amides is 1. The zero-order chi connectivity index (χ0) is 21.3. The first-order valence-electron chi connectivity index (χ1n) is 9.46. The second kappa shape index (κ2) is 7.79. The van der Waals surface area contributed by atoms with Gasteiger partial charge in [0.2, 0.25) is 5.91 Å². The van der Waals surface area contributed by atoms with Crippen LogP contribution in [-0.2, 0) is 14.8 Å². The minimum atomic E-state index is -3.77. The van der Waals surface area contributed by atoms with E-state index in [-0.39, 0.29) is 10.8 Å². The van der Waals surface area contributed by atoms with Gasteiger partial charge < -0.3 is 4.42 Å². The third-order valence-electron chi connectivity index (χ3n) is 4.88. The SMILES string of the molecule is CC(=O)N1N=C(c2ccc(C)o2)C[C@H]1c1ccccc1NS(=O)(=O)c1ccccc1. The molecular formula is C22H21N3O4S. The highest BCUT2D eigenvalue weighted by Gasteiger charge is 2.34. The zero-order valence-corrected chi connectivity index (χ0v) is 17.4. The van der Waals surface area contributed by atoms with Crippen LogP contribution in [0.1, 0.15) is 36.5 Å². The summed E-state index contributed by atoms with van der Waals surface area (Å²) in [6.45, 7) is 3.27. The van der Waals surface area contributed by atoms with E-state index in [9.17, 15) is 13.2 Å². The van der Waals surface area contributed by atoms with Crippen LogP contribution < -0.4 is 4.72 Å². The Labute approximate surface area is 175 Å². The van der Waals surface area contributed by atoms with Crippen molar-refractivity contribution in [3.05, 3.63) is 83.8 Å². The van der Waals surface area contributed by atoms with Gasteiger partial charge in [0.15, 0.2) is 0 Å². The fourth-order valence-electron chi connectivity index (χ4n) is 3.47. The largest absolute Gasteiger partial charge is 0.460 e. The van der Waals surface area contributed by atoms with E-state index in [1.807, 2.05) is 25.1 Å². The summed E-state index contributed by atoms with van der Waals surface area (Å²) >= 11 is 0. The first-order valence-corrected chi connectivity index (χ1v) is 10.9. The Morgan fingerprint density at radius 1 is 1.07 bits per heavy atom. The second-order valence-electron chi connectivity index (χ2n) is 7.05. The van der Waals surface area contributed by atoms with Crippen LogP contribution in [0.25, 0.3) is 0 Å². The smallest absolute Gasteiger partial charge is 0.261 e. The van der Waals surface area contributed by atoms with Gasteiger partial charge in [-0.15, -0.1) is 0 Å². The molecule has 1 aliphatic heterocycles. The summed E-state index contributed by atoms with van der Waals surface area (Å²) in [5, 5.41) is 5.83. The first kappa shape index (κ1) is 19.9. The Kier molecular flexibility index (Phi) is 5.17. The van der Waals surface area contributed by atoms with Crippen LogP contribution in [0.2, 0.25) is 0 Å². The lowest BCUT2D eigenvalue weighted by molar-refractivity contribution is -0.130. The van der Waals surface area contributed by atoms with E-state index in [4.69, 9.17) is 4.42 Å². The number of hydrogen-bond acceptors (Lipinski definition) is 5. The monoisotopic (exact) mass is 423 g/mol. The van der Waals surface area contributed by atoms with Gasteiger partial charge in [-0.05, 0) is 37.3 Å². The standard InChI is InChI=1S/C22H21N3O4S/c1-15-12-13-22(29-15)20-14-21(25(23-20)16(2)26)18-10-6-7-11-19(18)24-30(27,28)17-8-4-3-5-9-17/h3-13,21,24H,14H2,1-2H3/t21-/m0/s1. The molecule has 1 atom stereocenters. The third kappa shape index (κ3) is 3.86. The average Bonchev–Trinajstić information content (AvgIpc) is 3.35. The van der Waals surface area contributed by atoms with Gasteiger partial charge in [-0.3, -0.25) is 9.52 Å². The molecule has 1 N–H and O–H groups in total. The van der Waals surface area contributed by atoms with Gasteiger partial charge in [-0.2, -0.15) is 5.10 Å². The van der Waals surface area contributed by atoms with Crippen molar-refractivity contribution in [2.75, 3.05) is 4.72 Å². The predicted molar refractivity (Wildman–Crippen MR) is 114 cm³/mol. The number of carbonyl (C=O) groups is 1. The Morgan fingerprint density at radius 2 is 1.77 bits per heavy atom. The number of furan rings is 1. The van der Waals surface area contributed by atoms with Gasteiger partial charge in [0.05, 0.1) is 16.6 Å². The molecule has 154 valence electrons. The van der Waals surface area contributed by atoms with Crippen molar-refractivity contribution in [1.29, 1.82) is 0 Å². The number of aryl methyl sites for hydroxylation is 1. The zero-order valence-electron chi connectivity index (χ0n) is 16.6. The van der Waals surface area contributed by atoms with Gasteiger partial charge in [-0.1, -0.05) is 36.4 Å². The molecule has 8 heteroatoms. The van der Waals surface area contributed by atoms with Crippen molar-refractivity contribution in [3.63, 3.8) is 0 Å². The summed E-state index contributed by atoms with van der Waals surface area (Å²) in [7, 11) is -3.77. The molecule has 2 heterocycles. The van der Waals surface area contributed by atoms with Crippen molar-refractivity contribution in [1.82, 2.24) is 5.01 Å². The van der Waals surface area contributed by atoms with E-state index in [0.717, 1.165) is 5.76 Å². The molecule has 3 aromatic rings. The maximum atomic E-state index is 12.8. The maximum Gasteiger partial charge on any atom is 0.261 e. The number of carbonyl (C=O) groups excluding carboxylic acids is 1. The van der Waals surface area contributed by atoms with E-state index >= 15 is 0 Å². The first-order chi connectivity index (χ1) is 14.3. The molecule has 1 amide bonds. The van der Waals surface area contributed by atoms with Crippen molar-refractivity contribution in [2.45, 2.75) is 31.2 Å². The average molecular weight is 423 g/mol. The lowest BCUT2D eigenvalue weighted by Gasteiger charge is -2.23. The maximum absolute atomic E-state index is 12.8. The molecule has 0 aliphatic carbocycles. The molecule has 7 nitrogen and oxygen atoms in total. The highest BCUT2D eigenvalue weighted by molar-refractivity contribution is 7.92. The van der Waals surface area contributed by atoms with Gasteiger partial charge in [0.1, 0.15) is 17.2 Å². The van der Waals surface area contributed by atoms with Crippen LogP contribution in [0, 0.1) is 6.92 Å². The van der Waals surface area contributed by atoms with Crippen molar-refractivity contribution in [3.8, 4) is 0 Å². The number of hydrazone groups is 1. The summed E-state index contributed by atoms with van der Waals surface area (Å²) in [6, 6.07) is 18.4. The number of rotatable bonds is 5. The molecule has 1 aliphatic rings. The summed E-state index contributed by atoms with van der Waals surface area (Å²) in [5.74, 6) is 1.11. The van der Waals surface area contributed by atoms with Gasteiger partial charge in [0, 0.05) is 18.9 Å². The van der Waals surface area contributed by atoms with Crippen molar-refractivity contribution in [2.24, 2.45) is 5.10 Å². The molecule has 2 aromatic carbocycles. The Hall–Kier alpha value is -3.39. The third-order valence-corrected chi connectivity index (χ3v) is 6.26. The molecule has 0 bridgehead atoms. The van der Waals surface area contributed by atoms with E-state index in [1.54, 1.807) is 36.4 Å². The van der Waals surface area contributed by atoms with Gasteiger partial charge in [-0.25, -0.2) is 13.4 Å². The highest BCUT2D eigenvalue weighted by atomic mass is 32.2. The molecule has 0 fully saturated rings. The Bertz CT molecular complexity index is 1220. The van der Waals surface area contributed by atoms with E-state index in [2.05, 4.69) is 9.82 Å². The Balaban J connectivity index is 1.69. The number of nitrogens with zero attached hydrogens (tertiary/aromatic N) is 2. The molecule has 30 heavy (non-hydrogen) atoms. The number of nitrogens with one attached hydrogen (secondary N) is 1. The summed E-state index contributed by atoms with van der Waals surface area (Å²) < 4.78 is 34.0. The van der Waals surface area contributed by atoms with Gasteiger partial charge in [0.25, 0.3) is 10.0 Å². The number of hydrogen-bond donors (Lipinski definition) is 1. The van der Waals surface area contributed by atoms with Crippen molar-refractivity contribution < 1.29 is 17.6 Å². The molecule has 4 rings (SSSR count). The minimum absolute atomic E-state index is 0.164. The highest BCUT2D eigenvalue weighted by Crippen LogP contribution is 2.37. The minimum Gasteiger partial charge on any atom is -0.460 e. The van der Waals surface area contributed by atoms with Crippen LogP contribution in [0.4, 0.5) is 5.69 Å². The fraction of sp³-hybridized carbons (Fsp3) is 0.182. The van der Waals surface area contributed by atoms with E-state index in [1.165, 1.54) is 24.1 Å².